The Hall–Kier alpha value is -3.52. The maximum Gasteiger partial charge on any atom is 0.104 e. The van der Waals surface area contributed by atoms with Gasteiger partial charge < -0.3 is 10.2 Å². The Bertz CT molecular complexity index is 1070. The monoisotopic (exact) mass is 364 g/mol. The number of rotatable bonds is 3. The molecule has 2 N–H and O–H groups in total. The third-order valence-electron chi connectivity index (χ3n) is 5.61. The number of aliphatic hydroxyl groups is 2. The van der Waals surface area contributed by atoms with Crippen LogP contribution in [0.4, 0.5) is 0 Å². The highest BCUT2D eigenvalue weighted by atomic mass is 16.3. The first-order valence-corrected chi connectivity index (χ1v) is 9.48. The number of allylic oxidation sites excluding steroid dienone is 2. The van der Waals surface area contributed by atoms with Crippen LogP contribution < -0.4 is 0 Å². The Balaban J connectivity index is 1.71. The lowest BCUT2D eigenvalue weighted by atomic mass is 9.79. The van der Waals surface area contributed by atoms with Crippen LogP contribution in [-0.2, 0) is 0 Å². The highest BCUT2D eigenvalue weighted by Crippen LogP contribution is 2.50. The molecule has 136 valence electrons. The number of hydrogen-bond donors (Lipinski definition) is 2. The minimum absolute atomic E-state index is 0.275. The van der Waals surface area contributed by atoms with Crippen LogP contribution in [0.1, 0.15) is 39.7 Å². The van der Waals surface area contributed by atoms with Crippen LogP contribution in [0.2, 0.25) is 0 Å². The van der Waals surface area contributed by atoms with Gasteiger partial charge in [0.25, 0.3) is 0 Å². The van der Waals surface area contributed by atoms with Gasteiger partial charge in [-0.05, 0) is 45.5 Å². The molecule has 0 fully saturated rings. The Morgan fingerprint density at radius 1 is 0.607 bits per heavy atom. The Morgan fingerprint density at radius 3 is 1.61 bits per heavy atom. The van der Waals surface area contributed by atoms with E-state index in [1.165, 1.54) is 0 Å². The lowest BCUT2D eigenvalue weighted by molar-refractivity contribution is 0.368. The van der Waals surface area contributed by atoms with Crippen molar-refractivity contribution in [2.24, 2.45) is 0 Å². The summed E-state index contributed by atoms with van der Waals surface area (Å²) in [5.74, 6) is 0.0901. The van der Waals surface area contributed by atoms with Gasteiger partial charge in [0.2, 0.25) is 0 Å². The van der Waals surface area contributed by atoms with E-state index in [4.69, 9.17) is 0 Å². The molecule has 3 aromatic carbocycles. The molecule has 28 heavy (non-hydrogen) atoms. The fourth-order valence-corrected chi connectivity index (χ4v) is 4.39. The summed E-state index contributed by atoms with van der Waals surface area (Å²) in [5, 5.41) is 21.7. The number of aliphatic hydroxyl groups excluding tert-OH is 2. The Labute approximate surface area is 164 Å². The average Bonchev–Trinajstić information content (AvgIpc) is 3.22. The molecule has 0 spiro atoms. The van der Waals surface area contributed by atoms with Gasteiger partial charge in [0.05, 0.1) is 11.8 Å². The van der Waals surface area contributed by atoms with Gasteiger partial charge in [-0.25, -0.2) is 0 Å². The van der Waals surface area contributed by atoms with Crippen molar-refractivity contribution in [3.8, 4) is 0 Å². The summed E-state index contributed by atoms with van der Waals surface area (Å²) in [5.41, 5.74) is 6.21. The molecular weight excluding hydrogens is 344 g/mol. The van der Waals surface area contributed by atoms with Gasteiger partial charge in [0.1, 0.15) is 11.5 Å². The molecule has 2 atom stereocenters. The molecule has 5 rings (SSSR count). The smallest absolute Gasteiger partial charge is 0.104 e. The number of hydrogen-bond acceptors (Lipinski definition) is 2. The zero-order valence-electron chi connectivity index (χ0n) is 15.3. The molecule has 0 aromatic heterocycles. The van der Waals surface area contributed by atoms with Crippen LogP contribution in [0.15, 0.2) is 96.0 Å². The second kappa shape index (κ2) is 6.58. The second-order valence-corrected chi connectivity index (χ2v) is 7.32. The zero-order chi connectivity index (χ0) is 19.1. The predicted molar refractivity (Wildman–Crippen MR) is 114 cm³/mol. The van der Waals surface area contributed by atoms with E-state index in [-0.39, 0.29) is 11.8 Å². The first kappa shape index (κ1) is 16.6. The van der Waals surface area contributed by atoms with E-state index in [2.05, 4.69) is 18.2 Å². The third-order valence-corrected chi connectivity index (χ3v) is 5.61. The third kappa shape index (κ3) is 2.66. The van der Waals surface area contributed by atoms with E-state index in [9.17, 15) is 10.2 Å². The SMILES string of the molecule is OC1=Cc2ccccc2C1C(=Cc1ccccc1)C1C(O)=Cc2ccccc21. The average molecular weight is 364 g/mol. The normalized spacial score (nSPS) is 19.4. The predicted octanol–water partition coefficient (Wildman–Crippen LogP) is 6.46. The molecule has 0 aliphatic heterocycles. The largest absolute Gasteiger partial charge is 0.511 e. The van der Waals surface area contributed by atoms with Crippen molar-refractivity contribution in [2.75, 3.05) is 0 Å². The summed E-state index contributed by atoms with van der Waals surface area (Å²) in [6.07, 6.45) is 5.77. The molecule has 0 amide bonds. The van der Waals surface area contributed by atoms with E-state index < -0.39 is 0 Å². The quantitative estimate of drug-likeness (QED) is 0.560. The molecule has 2 nitrogen and oxygen atoms in total. The van der Waals surface area contributed by atoms with Crippen molar-refractivity contribution in [3.05, 3.63) is 124 Å². The van der Waals surface area contributed by atoms with Crippen molar-refractivity contribution in [3.63, 3.8) is 0 Å². The van der Waals surface area contributed by atoms with Gasteiger partial charge in [-0.15, -0.1) is 0 Å². The maximum absolute atomic E-state index is 10.9. The fourth-order valence-electron chi connectivity index (χ4n) is 4.39. The van der Waals surface area contributed by atoms with E-state index in [1.54, 1.807) is 0 Å². The van der Waals surface area contributed by atoms with Gasteiger partial charge in [-0.2, -0.15) is 0 Å². The molecule has 2 unspecified atom stereocenters. The van der Waals surface area contributed by atoms with Gasteiger partial charge in [0, 0.05) is 0 Å². The first-order chi connectivity index (χ1) is 13.7. The molecule has 0 saturated carbocycles. The molecule has 2 aliphatic carbocycles. The van der Waals surface area contributed by atoms with Crippen LogP contribution in [-0.4, -0.2) is 10.2 Å². The van der Waals surface area contributed by atoms with Gasteiger partial charge in [0.15, 0.2) is 0 Å². The van der Waals surface area contributed by atoms with Crippen LogP contribution in [0.5, 0.6) is 0 Å². The lowest BCUT2D eigenvalue weighted by Crippen LogP contribution is -2.12. The highest BCUT2D eigenvalue weighted by Gasteiger charge is 2.37. The van der Waals surface area contributed by atoms with Crippen molar-refractivity contribution < 1.29 is 10.2 Å². The fraction of sp³-hybridized carbons (Fsp3) is 0.0769. The molecule has 3 aromatic rings. The first-order valence-electron chi connectivity index (χ1n) is 9.48. The van der Waals surface area contributed by atoms with Crippen molar-refractivity contribution in [1.29, 1.82) is 0 Å². The standard InChI is InChI=1S/C26H20O2/c27-23-15-18-10-4-6-12-20(18)25(23)22(14-17-8-2-1-3-9-17)26-21-13-7-5-11-19(21)16-24(26)28/h1-16,25-28H. The van der Waals surface area contributed by atoms with Crippen LogP contribution in [0, 0.1) is 0 Å². The van der Waals surface area contributed by atoms with Crippen LogP contribution in [0.3, 0.4) is 0 Å². The number of benzene rings is 3. The minimum atomic E-state index is -0.275. The summed E-state index contributed by atoms with van der Waals surface area (Å²) < 4.78 is 0. The van der Waals surface area contributed by atoms with E-state index in [0.717, 1.165) is 33.4 Å². The van der Waals surface area contributed by atoms with Crippen LogP contribution >= 0.6 is 0 Å². The maximum atomic E-state index is 10.9. The van der Waals surface area contributed by atoms with E-state index in [0.29, 0.717) is 11.5 Å². The zero-order valence-corrected chi connectivity index (χ0v) is 15.3. The van der Waals surface area contributed by atoms with Crippen molar-refractivity contribution >= 4 is 18.2 Å². The molecule has 0 saturated heterocycles. The van der Waals surface area contributed by atoms with Gasteiger partial charge in [-0.3, -0.25) is 0 Å². The molecule has 0 radical (unpaired) electrons. The second-order valence-electron chi connectivity index (χ2n) is 7.32. The summed E-state index contributed by atoms with van der Waals surface area (Å²) in [6.45, 7) is 0. The Kier molecular flexibility index (Phi) is 3.91. The molecule has 0 bridgehead atoms. The van der Waals surface area contributed by atoms with Crippen LogP contribution in [0.25, 0.3) is 18.2 Å². The van der Waals surface area contributed by atoms with Gasteiger partial charge >= 0.3 is 0 Å². The van der Waals surface area contributed by atoms with E-state index >= 15 is 0 Å². The van der Waals surface area contributed by atoms with Gasteiger partial charge in [-0.1, -0.05) is 84.9 Å². The summed E-state index contributed by atoms with van der Waals surface area (Å²) >= 11 is 0. The van der Waals surface area contributed by atoms with E-state index in [1.807, 2.05) is 78.9 Å². The Morgan fingerprint density at radius 2 is 1.07 bits per heavy atom. The number of fused-ring (bicyclic) bond motifs is 2. The summed E-state index contributed by atoms with van der Waals surface area (Å²) in [7, 11) is 0. The molecular formula is C26H20O2. The van der Waals surface area contributed by atoms with Crippen molar-refractivity contribution in [2.45, 2.75) is 11.8 Å². The molecule has 2 heteroatoms. The topological polar surface area (TPSA) is 40.5 Å². The lowest BCUT2D eigenvalue weighted by Gasteiger charge is -2.25. The minimum Gasteiger partial charge on any atom is -0.511 e. The van der Waals surface area contributed by atoms with Crippen molar-refractivity contribution in [1.82, 2.24) is 0 Å². The molecule has 2 aliphatic rings. The highest BCUT2D eigenvalue weighted by molar-refractivity contribution is 5.75. The molecule has 0 heterocycles. The summed E-state index contributed by atoms with van der Waals surface area (Å²) in [6, 6.07) is 26.2. The summed E-state index contributed by atoms with van der Waals surface area (Å²) in [4.78, 5) is 0.